The third-order valence-electron chi connectivity index (χ3n) is 3.45. The Morgan fingerprint density at radius 2 is 2.33 bits per heavy atom. The minimum absolute atomic E-state index is 0. The van der Waals surface area contributed by atoms with Gasteiger partial charge in [-0.15, -0.1) is 24.0 Å². The average molecular weight is 407 g/mol. The van der Waals surface area contributed by atoms with E-state index in [1.807, 2.05) is 6.92 Å². The molecule has 1 aliphatic heterocycles. The van der Waals surface area contributed by atoms with Gasteiger partial charge in [0.1, 0.15) is 0 Å². The van der Waals surface area contributed by atoms with E-state index in [9.17, 15) is 0 Å². The lowest BCUT2D eigenvalue weighted by molar-refractivity contribution is 0.266. The molecule has 120 valence electrons. The molecular formula is C14H26IN5O. The molecule has 0 aromatic carbocycles. The van der Waals surface area contributed by atoms with Gasteiger partial charge in [-0.05, 0) is 32.6 Å². The van der Waals surface area contributed by atoms with Gasteiger partial charge in [-0.2, -0.15) is 4.98 Å². The third-order valence-corrected chi connectivity index (χ3v) is 3.45. The molecule has 1 fully saturated rings. The van der Waals surface area contributed by atoms with Crippen LogP contribution in [0.5, 0.6) is 0 Å². The van der Waals surface area contributed by atoms with E-state index in [4.69, 9.17) is 4.52 Å². The lowest BCUT2D eigenvalue weighted by atomic mass is 10.0. The summed E-state index contributed by atoms with van der Waals surface area (Å²) in [6.07, 6.45) is 3.25. The van der Waals surface area contributed by atoms with E-state index in [1.165, 1.54) is 12.8 Å². The van der Waals surface area contributed by atoms with E-state index in [0.29, 0.717) is 24.7 Å². The predicted octanol–water partition coefficient (Wildman–Crippen LogP) is 2.24. The van der Waals surface area contributed by atoms with E-state index in [1.54, 1.807) is 0 Å². The Bertz CT molecular complexity index is 448. The van der Waals surface area contributed by atoms with Crippen molar-refractivity contribution in [2.24, 2.45) is 10.9 Å². The highest BCUT2D eigenvalue weighted by Crippen LogP contribution is 2.15. The molecule has 0 spiro atoms. The summed E-state index contributed by atoms with van der Waals surface area (Å²) in [5.41, 5.74) is 0. The fraction of sp³-hybridized carbons (Fsp3) is 0.786. The van der Waals surface area contributed by atoms with Crippen molar-refractivity contribution in [3.05, 3.63) is 11.7 Å². The number of hydrogen-bond donors (Lipinski definition) is 1. The maximum Gasteiger partial charge on any atom is 0.228 e. The molecule has 2 rings (SSSR count). The molecule has 1 aromatic rings. The Morgan fingerprint density at radius 3 is 2.95 bits per heavy atom. The van der Waals surface area contributed by atoms with Gasteiger partial charge in [-0.3, -0.25) is 4.99 Å². The molecule has 1 atom stereocenters. The van der Waals surface area contributed by atoms with Crippen LogP contribution in [-0.4, -0.2) is 47.2 Å². The van der Waals surface area contributed by atoms with Gasteiger partial charge in [0.15, 0.2) is 11.8 Å². The van der Waals surface area contributed by atoms with Gasteiger partial charge in [0, 0.05) is 26.1 Å². The highest BCUT2D eigenvalue weighted by atomic mass is 127. The van der Waals surface area contributed by atoms with Crippen molar-refractivity contribution in [2.75, 3.05) is 26.2 Å². The van der Waals surface area contributed by atoms with Crippen LogP contribution in [0.25, 0.3) is 0 Å². The number of aromatic nitrogens is 2. The van der Waals surface area contributed by atoms with Gasteiger partial charge < -0.3 is 14.7 Å². The van der Waals surface area contributed by atoms with Crippen molar-refractivity contribution < 1.29 is 4.52 Å². The highest BCUT2D eigenvalue weighted by Gasteiger charge is 2.19. The van der Waals surface area contributed by atoms with E-state index in [2.05, 4.69) is 39.2 Å². The molecule has 1 aliphatic rings. The molecule has 6 nitrogen and oxygen atoms in total. The second kappa shape index (κ2) is 9.22. The maximum atomic E-state index is 5.10. The van der Waals surface area contributed by atoms with Crippen LogP contribution in [0.1, 0.15) is 38.4 Å². The van der Waals surface area contributed by atoms with E-state index in [-0.39, 0.29) is 24.0 Å². The number of piperidine rings is 1. The molecule has 0 bridgehead atoms. The van der Waals surface area contributed by atoms with Gasteiger partial charge in [0.25, 0.3) is 0 Å². The highest BCUT2D eigenvalue weighted by molar-refractivity contribution is 14.0. The monoisotopic (exact) mass is 407 g/mol. The summed E-state index contributed by atoms with van der Waals surface area (Å²) in [4.78, 5) is 11.2. The molecule has 7 heteroatoms. The van der Waals surface area contributed by atoms with Crippen LogP contribution >= 0.6 is 24.0 Å². The van der Waals surface area contributed by atoms with Crippen LogP contribution < -0.4 is 5.32 Å². The minimum atomic E-state index is 0. The average Bonchev–Trinajstić information content (AvgIpc) is 2.83. The number of likely N-dealkylation sites (tertiary alicyclic amines) is 1. The predicted molar refractivity (Wildman–Crippen MR) is 94.1 cm³/mol. The lowest BCUT2D eigenvalue weighted by Gasteiger charge is -2.33. The van der Waals surface area contributed by atoms with Crippen molar-refractivity contribution in [3.8, 4) is 0 Å². The number of nitrogens with one attached hydrogen (secondary N) is 1. The second-order valence-electron chi connectivity index (χ2n) is 5.41. The summed E-state index contributed by atoms with van der Waals surface area (Å²) in [7, 11) is 0. The number of rotatable bonds is 4. The second-order valence-corrected chi connectivity index (χ2v) is 5.41. The molecule has 0 amide bonds. The minimum Gasteiger partial charge on any atom is -0.357 e. The zero-order valence-electron chi connectivity index (χ0n) is 13.1. The summed E-state index contributed by atoms with van der Waals surface area (Å²) in [5, 5.41) is 7.16. The van der Waals surface area contributed by atoms with E-state index in [0.717, 1.165) is 31.5 Å². The van der Waals surface area contributed by atoms with Crippen LogP contribution in [0, 0.1) is 12.8 Å². The zero-order valence-corrected chi connectivity index (χ0v) is 15.5. The van der Waals surface area contributed by atoms with Crippen molar-refractivity contribution in [1.29, 1.82) is 0 Å². The first-order chi connectivity index (χ1) is 9.69. The molecule has 21 heavy (non-hydrogen) atoms. The number of aliphatic imine (C=N–C) groups is 1. The normalized spacial score (nSPS) is 19.3. The van der Waals surface area contributed by atoms with Crippen molar-refractivity contribution in [3.63, 3.8) is 0 Å². The molecule has 1 aromatic heterocycles. The quantitative estimate of drug-likeness (QED) is 0.471. The van der Waals surface area contributed by atoms with Crippen LogP contribution in [0.4, 0.5) is 0 Å². The summed E-state index contributed by atoms with van der Waals surface area (Å²) >= 11 is 0. The molecule has 1 saturated heterocycles. The van der Waals surface area contributed by atoms with Crippen LogP contribution in [-0.2, 0) is 6.42 Å². The van der Waals surface area contributed by atoms with Gasteiger partial charge in [-0.25, -0.2) is 0 Å². The number of guanidine groups is 1. The molecule has 1 unspecified atom stereocenters. The summed E-state index contributed by atoms with van der Waals surface area (Å²) in [6.45, 7) is 9.98. The number of aryl methyl sites for hydroxylation is 1. The fourth-order valence-electron chi connectivity index (χ4n) is 2.51. The summed E-state index contributed by atoms with van der Waals surface area (Å²) in [6, 6.07) is 0. The molecule has 0 radical (unpaired) electrons. The fourth-order valence-corrected chi connectivity index (χ4v) is 2.51. The van der Waals surface area contributed by atoms with Crippen molar-refractivity contribution in [1.82, 2.24) is 20.4 Å². The standard InChI is InChI=1S/C14H25N5O.HI/c1-4-15-14(19-9-5-6-11(2)10-19)16-8-7-13-17-12(3)18-20-13;/h11H,4-10H2,1-3H3,(H,15,16);1H. The Balaban J connectivity index is 0.00000220. The van der Waals surface area contributed by atoms with E-state index >= 15 is 0 Å². The van der Waals surface area contributed by atoms with Crippen molar-refractivity contribution >= 4 is 29.9 Å². The van der Waals surface area contributed by atoms with Gasteiger partial charge in [0.2, 0.25) is 5.89 Å². The van der Waals surface area contributed by atoms with Crippen LogP contribution in [0.2, 0.25) is 0 Å². The first kappa shape index (κ1) is 18.2. The number of hydrogen-bond acceptors (Lipinski definition) is 4. The van der Waals surface area contributed by atoms with Crippen LogP contribution in [0.15, 0.2) is 9.52 Å². The topological polar surface area (TPSA) is 66.5 Å². The van der Waals surface area contributed by atoms with Gasteiger partial charge in [-0.1, -0.05) is 12.1 Å². The Hall–Kier alpha value is -0.860. The van der Waals surface area contributed by atoms with Gasteiger partial charge in [0.05, 0.1) is 6.54 Å². The molecule has 2 heterocycles. The largest absolute Gasteiger partial charge is 0.357 e. The Morgan fingerprint density at radius 1 is 1.52 bits per heavy atom. The molecule has 1 N–H and O–H groups in total. The zero-order chi connectivity index (χ0) is 14.4. The first-order valence-corrected chi connectivity index (χ1v) is 7.51. The number of nitrogens with zero attached hydrogens (tertiary/aromatic N) is 4. The summed E-state index contributed by atoms with van der Waals surface area (Å²) in [5.74, 6) is 3.09. The molecular weight excluding hydrogens is 381 g/mol. The maximum absolute atomic E-state index is 5.10. The Labute approximate surface area is 143 Å². The first-order valence-electron chi connectivity index (χ1n) is 7.51. The molecule has 0 saturated carbocycles. The van der Waals surface area contributed by atoms with Crippen LogP contribution in [0.3, 0.4) is 0 Å². The van der Waals surface area contributed by atoms with Crippen molar-refractivity contribution in [2.45, 2.75) is 40.0 Å². The number of halogens is 1. The lowest BCUT2D eigenvalue weighted by Crippen LogP contribution is -2.46. The molecule has 0 aliphatic carbocycles. The third kappa shape index (κ3) is 5.80. The Kier molecular flexibility index (Phi) is 7.98. The van der Waals surface area contributed by atoms with E-state index < -0.39 is 0 Å². The van der Waals surface area contributed by atoms with Gasteiger partial charge >= 0.3 is 0 Å². The smallest absolute Gasteiger partial charge is 0.228 e. The summed E-state index contributed by atoms with van der Waals surface area (Å²) < 4.78 is 5.10. The SMILES string of the molecule is CCNC(=NCCc1nc(C)no1)N1CCCC(C)C1.I.